The van der Waals surface area contributed by atoms with Crippen molar-refractivity contribution in [3.05, 3.63) is 64.7 Å². The highest BCUT2D eigenvalue weighted by atomic mass is 35.5. The maximum absolute atomic E-state index is 12.5. The molecule has 7 nitrogen and oxygen atoms in total. The second kappa shape index (κ2) is 9.49. The van der Waals surface area contributed by atoms with Crippen molar-refractivity contribution in [3.8, 4) is 0 Å². The fraction of sp³-hybridized carbons (Fsp3) is 0.333. The zero-order valence-corrected chi connectivity index (χ0v) is 18.2. The van der Waals surface area contributed by atoms with Crippen LogP contribution in [0.25, 0.3) is 0 Å². The van der Waals surface area contributed by atoms with Crippen LogP contribution in [0.5, 0.6) is 0 Å². The van der Waals surface area contributed by atoms with E-state index >= 15 is 0 Å². The molecule has 0 aromatic heterocycles. The van der Waals surface area contributed by atoms with E-state index in [1.807, 2.05) is 29.2 Å². The summed E-state index contributed by atoms with van der Waals surface area (Å²) in [4.78, 5) is 26.2. The number of nitrogens with one attached hydrogen (secondary N) is 1. The summed E-state index contributed by atoms with van der Waals surface area (Å²) in [5.74, 6) is -0.289. The number of carbonyl (C=O) groups is 2. The molecule has 1 aliphatic rings. The molecule has 0 saturated carbocycles. The van der Waals surface area contributed by atoms with Crippen molar-refractivity contribution < 1.29 is 18.0 Å². The first-order chi connectivity index (χ1) is 14.2. The van der Waals surface area contributed by atoms with Gasteiger partial charge in [0.2, 0.25) is 21.8 Å². The van der Waals surface area contributed by atoms with Gasteiger partial charge in [0, 0.05) is 31.1 Å². The van der Waals surface area contributed by atoms with Gasteiger partial charge in [0.05, 0.1) is 11.9 Å². The quantitative estimate of drug-likeness (QED) is 0.671. The standard InChI is InChI=1S/C21H24ClN3O4S/c1-30(28,29)25(19-10-8-18(22)9-11-19)15-20(26)23-13-16-5-2-3-6-17(16)14-24-12-4-7-21(24)27/h2-3,5-6,8-11H,4,7,12-15H2,1H3,(H,23,26). The van der Waals surface area contributed by atoms with Crippen molar-refractivity contribution in [2.24, 2.45) is 0 Å². The molecule has 1 fully saturated rings. The largest absolute Gasteiger partial charge is 0.350 e. The van der Waals surface area contributed by atoms with E-state index in [-0.39, 0.29) is 19.0 Å². The molecule has 160 valence electrons. The number of anilines is 1. The molecular weight excluding hydrogens is 426 g/mol. The van der Waals surface area contributed by atoms with Crippen molar-refractivity contribution in [2.45, 2.75) is 25.9 Å². The summed E-state index contributed by atoms with van der Waals surface area (Å²) >= 11 is 5.87. The summed E-state index contributed by atoms with van der Waals surface area (Å²) in [5, 5.41) is 3.26. The average molecular weight is 450 g/mol. The summed E-state index contributed by atoms with van der Waals surface area (Å²) < 4.78 is 25.4. The lowest BCUT2D eigenvalue weighted by Gasteiger charge is -2.22. The molecule has 0 spiro atoms. The van der Waals surface area contributed by atoms with Crippen LogP contribution in [0, 0.1) is 0 Å². The van der Waals surface area contributed by atoms with E-state index in [2.05, 4.69) is 5.32 Å². The Morgan fingerprint density at radius 2 is 1.80 bits per heavy atom. The fourth-order valence-corrected chi connectivity index (χ4v) is 4.33. The van der Waals surface area contributed by atoms with Crippen molar-refractivity contribution >= 4 is 39.1 Å². The lowest BCUT2D eigenvalue weighted by molar-refractivity contribution is -0.128. The number of halogens is 1. The number of carbonyl (C=O) groups excluding carboxylic acids is 2. The van der Waals surface area contributed by atoms with Gasteiger partial charge in [-0.2, -0.15) is 0 Å². The van der Waals surface area contributed by atoms with Gasteiger partial charge in [-0.3, -0.25) is 13.9 Å². The molecule has 1 aliphatic heterocycles. The number of benzene rings is 2. The topological polar surface area (TPSA) is 86.8 Å². The van der Waals surface area contributed by atoms with E-state index in [4.69, 9.17) is 11.6 Å². The molecule has 30 heavy (non-hydrogen) atoms. The van der Waals surface area contributed by atoms with Gasteiger partial charge in [-0.05, 0) is 41.8 Å². The van der Waals surface area contributed by atoms with Gasteiger partial charge >= 0.3 is 0 Å². The van der Waals surface area contributed by atoms with E-state index in [9.17, 15) is 18.0 Å². The van der Waals surface area contributed by atoms with Crippen LogP contribution < -0.4 is 9.62 Å². The first kappa shape index (κ1) is 22.1. The molecule has 0 bridgehead atoms. The smallest absolute Gasteiger partial charge is 0.241 e. The Morgan fingerprint density at radius 1 is 1.13 bits per heavy atom. The minimum atomic E-state index is -3.65. The summed E-state index contributed by atoms with van der Waals surface area (Å²) in [6.07, 6.45) is 2.49. The lowest BCUT2D eigenvalue weighted by Crippen LogP contribution is -2.40. The van der Waals surface area contributed by atoms with Crippen molar-refractivity contribution in [3.63, 3.8) is 0 Å². The van der Waals surface area contributed by atoms with Gasteiger partial charge in [0.15, 0.2) is 0 Å². The molecule has 3 rings (SSSR count). The molecule has 2 amide bonds. The normalized spacial score (nSPS) is 14.1. The Kier molecular flexibility index (Phi) is 6.99. The number of nitrogens with zero attached hydrogens (tertiary/aromatic N) is 2. The Morgan fingerprint density at radius 3 is 2.40 bits per heavy atom. The second-order valence-electron chi connectivity index (χ2n) is 7.21. The fourth-order valence-electron chi connectivity index (χ4n) is 3.35. The number of amides is 2. The van der Waals surface area contributed by atoms with Crippen LogP contribution in [0.4, 0.5) is 5.69 Å². The van der Waals surface area contributed by atoms with Gasteiger partial charge < -0.3 is 10.2 Å². The molecule has 2 aromatic carbocycles. The molecular formula is C21H24ClN3O4S. The lowest BCUT2D eigenvalue weighted by atomic mass is 10.1. The predicted molar refractivity (Wildman–Crippen MR) is 117 cm³/mol. The van der Waals surface area contributed by atoms with Crippen LogP contribution in [-0.4, -0.2) is 44.5 Å². The summed E-state index contributed by atoms with van der Waals surface area (Å²) in [6.45, 7) is 1.15. The predicted octanol–water partition coefficient (Wildman–Crippen LogP) is 2.54. The highest BCUT2D eigenvalue weighted by molar-refractivity contribution is 7.92. The third-order valence-electron chi connectivity index (χ3n) is 4.93. The zero-order chi connectivity index (χ0) is 21.7. The molecule has 0 radical (unpaired) electrons. The third-order valence-corrected chi connectivity index (χ3v) is 6.32. The highest BCUT2D eigenvalue weighted by Crippen LogP contribution is 2.20. The van der Waals surface area contributed by atoms with Crippen LogP contribution in [0.3, 0.4) is 0 Å². The van der Waals surface area contributed by atoms with Crippen molar-refractivity contribution in [2.75, 3.05) is 23.7 Å². The monoisotopic (exact) mass is 449 g/mol. The van der Waals surface area contributed by atoms with Crippen molar-refractivity contribution in [1.82, 2.24) is 10.2 Å². The molecule has 0 unspecified atom stereocenters. The van der Waals surface area contributed by atoms with E-state index < -0.39 is 15.9 Å². The van der Waals surface area contributed by atoms with Crippen LogP contribution in [0.15, 0.2) is 48.5 Å². The Labute approximate surface area is 181 Å². The maximum Gasteiger partial charge on any atom is 0.241 e. The minimum absolute atomic E-state index is 0.139. The summed E-state index contributed by atoms with van der Waals surface area (Å²) in [7, 11) is -3.65. The Balaban J connectivity index is 1.66. The minimum Gasteiger partial charge on any atom is -0.350 e. The molecule has 1 heterocycles. The molecule has 0 atom stereocenters. The third kappa shape index (κ3) is 5.73. The van der Waals surface area contributed by atoms with Crippen molar-refractivity contribution in [1.29, 1.82) is 0 Å². The molecule has 1 N–H and O–H groups in total. The molecule has 2 aromatic rings. The van der Waals surface area contributed by atoms with Gasteiger partial charge in [-0.15, -0.1) is 0 Å². The first-order valence-corrected chi connectivity index (χ1v) is 11.8. The molecule has 0 aliphatic carbocycles. The van der Waals surface area contributed by atoms with E-state index in [0.29, 0.717) is 23.7 Å². The number of likely N-dealkylation sites (tertiary alicyclic amines) is 1. The first-order valence-electron chi connectivity index (χ1n) is 9.58. The van der Waals surface area contributed by atoms with Crippen LogP contribution in [-0.2, 0) is 32.7 Å². The molecule has 1 saturated heterocycles. The maximum atomic E-state index is 12.5. The number of rotatable bonds is 8. The van der Waals surface area contributed by atoms with Gasteiger partial charge in [0.25, 0.3) is 0 Å². The highest BCUT2D eigenvalue weighted by Gasteiger charge is 2.22. The second-order valence-corrected chi connectivity index (χ2v) is 9.55. The van der Waals surface area contributed by atoms with Crippen LogP contribution in [0.1, 0.15) is 24.0 Å². The molecule has 9 heteroatoms. The van der Waals surface area contributed by atoms with Gasteiger partial charge in [-0.25, -0.2) is 8.42 Å². The van der Waals surface area contributed by atoms with E-state index in [1.54, 1.807) is 24.3 Å². The van der Waals surface area contributed by atoms with E-state index in [0.717, 1.165) is 34.7 Å². The van der Waals surface area contributed by atoms with Crippen LogP contribution in [0.2, 0.25) is 5.02 Å². The van der Waals surface area contributed by atoms with Crippen LogP contribution >= 0.6 is 11.6 Å². The van der Waals surface area contributed by atoms with E-state index in [1.165, 1.54) is 0 Å². The van der Waals surface area contributed by atoms with Gasteiger partial charge in [-0.1, -0.05) is 35.9 Å². The number of hydrogen-bond donors (Lipinski definition) is 1. The summed E-state index contributed by atoms with van der Waals surface area (Å²) in [6, 6.07) is 13.8. The van der Waals surface area contributed by atoms with Gasteiger partial charge in [0.1, 0.15) is 6.54 Å². The number of hydrogen-bond acceptors (Lipinski definition) is 4. The zero-order valence-electron chi connectivity index (χ0n) is 16.7. The summed E-state index contributed by atoms with van der Waals surface area (Å²) in [5.41, 5.74) is 2.22. The number of sulfonamides is 1. The average Bonchev–Trinajstić information content (AvgIpc) is 3.10. The Hall–Kier alpha value is -2.58. The Bertz CT molecular complexity index is 1020. The SMILES string of the molecule is CS(=O)(=O)N(CC(=O)NCc1ccccc1CN1CCCC1=O)c1ccc(Cl)cc1.